The maximum Gasteiger partial charge on any atom is 0.279 e. The fourth-order valence-electron chi connectivity index (χ4n) is 0.182. The van der Waals surface area contributed by atoms with Crippen LogP contribution < -0.4 is 4.72 Å². The number of sulfonamides is 1. The van der Waals surface area contributed by atoms with E-state index < -0.39 is 26.0 Å². The Labute approximate surface area is 59.0 Å². The number of nitrogens with one attached hydrogen (secondary N) is 1. The second kappa shape index (κ2) is 2.82. The summed E-state index contributed by atoms with van der Waals surface area (Å²) >= 11 is 0. The molecule has 0 aromatic heterocycles. The van der Waals surface area contributed by atoms with Crippen molar-refractivity contribution in [3.8, 4) is 0 Å². The Balaban J connectivity index is 4.05. The molecule has 0 atom stereocenters. The second-order valence-electron chi connectivity index (χ2n) is 1.64. The highest BCUT2D eigenvalue weighted by Crippen LogP contribution is 1.79. The Morgan fingerprint density at radius 2 is 1.70 bits per heavy atom. The molecule has 0 saturated heterocycles. The van der Waals surface area contributed by atoms with Gasteiger partial charge in [-0.1, -0.05) is 0 Å². The van der Waals surface area contributed by atoms with Crippen LogP contribution in [0, 0.1) is 0 Å². The lowest BCUT2D eigenvalue weighted by Gasteiger charge is -1.96. The first-order valence-electron chi connectivity index (χ1n) is 2.10. The van der Waals surface area contributed by atoms with Crippen LogP contribution in [0.1, 0.15) is 0 Å². The van der Waals surface area contributed by atoms with Crippen LogP contribution in [0.4, 0.5) is 0 Å². The third-order valence-electron chi connectivity index (χ3n) is 0.504. The van der Waals surface area contributed by atoms with Gasteiger partial charge in [-0.15, -0.1) is 0 Å². The van der Waals surface area contributed by atoms with Crippen molar-refractivity contribution in [2.45, 2.75) is 0 Å². The summed E-state index contributed by atoms with van der Waals surface area (Å²) in [5.74, 6) is -0.980. The molecule has 0 saturated carbocycles. The van der Waals surface area contributed by atoms with E-state index >= 15 is 0 Å². The lowest BCUT2D eigenvalue weighted by atomic mass is 11.5. The van der Waals surface area contributed by atoms with Gasteiger partial charge in [-0.2, -0.15) is 13.1 Å². The van der Waals surface area contributed by atoms with Crippen LogP contribution in [0.5, 0.6) is 0 Å². The van der Waals surface area contributed by atoms with Crippen molar-refractivity contribution in [2.75, 3.05) is 12.1 Å². The Morgan fingerprint density at radius 3 is 1.80 bits per heavy atom. The molecule has 0 aromatic rings. The summed E-state index contributed by atoms with van der Waals surface area (Å²) < 4.78 is 49.8. The predicted molar refractivity (Wildman–Crippen MR) is 34.4 cm³/mol. The SMILES string of the molecule is CS(=O)(=O)NCS(=O)(=O)O. The first-order chi connectivity index (χ1) is 4.21. The summed E-state index contributed by atoms with van der Waals surface area (Å²) in [6, 6.07) is 0. The van der Waals surface area contributed by atoms with Crippen LogP contribution in [0.25, 0.3) is 0 Å². The molecule has 0 unspecified atom stereocenters. The average molecular weight is 189 g/mol. The largest absolute Gasteiger partial charge is 0.285 e. The highest BCUT2D eigenvalue weighted by atomic mass is 32.2. The lowest BCUT2D eigenvalue weighted by Crippen LogP contribution is -2.28. The molecular formula is C2H7NO5S2. The summed E-state index contributed by atoms with van der Waals surface area (Å²) in [7, 11) is -7.79. The molecule has 10 heavy (non-hydrogen) atoms. The molecule has 0 heterocycles. The van der Waals surface area contributed by atoms with E-state index in [2.05, 4.69) is 0 Å². The van der Waals surface area contributed by atoms with Crippen molar-refractivity contribution >= 4 is 20.1 Å². The Kier molecular flexibility index (Phi) is 2.77. The average Bonchev–Trinajstić information content (AvgIpc) is 1.57. The van der Waals surface area contributed by atoms with Crippen molar-refractivity contribution in [2.24, 2.45) is 0 Å². The van der Waals surface area contributed by atoms with E-state index in [4.69, 9.17) is 4.55 Å². The van der Waals surface area contributed by atoms with Gasteiger partial charge in [-0.25, -0.2) is 8.42 Å². The van der Waals surface area contributed by atoms with Gasteiger partial charge in [0.1, 0.15) is 5.88 Å². The first-order valence-corrected chi connectivity index (χ1v) is 5.60. The molecule has 0 spiro atoms. The van der Waals surface area contributed by atoms with Gasteiger partial charge in [0.25, 0.3) is 10.1 Å². The molecule has 8 heteroatoms. The highest BCUT2D eigenvalue weighted by molar-refractivity contribution is 7.90. The minimum absolute atomic E-state index is 0.790. The van der Waals surface area contributed by atoms with Gasteiger partial charge < -0.3 is 0 Å². The highest BCUT2D eigenvalue weighted by Gasteiger charge is 2.07. The molecule has 0 fully saturated rings. The van der Waals surface area contributed by atoms with E-state index in [-0.39, 0.29) is 0 Å². The van der Waals surface area contributed by atoms with Crippen LogP contribution in [-0.4, -0.2) is 33.5 Å². The zero-order valence-corrected chi connectivity index (χ0v) is 6.74. The van der Waals surface area contributed by atoms with Gasteiger partial charge in [-0.3, -0.25) is 4.55 Å². The summed E-state index contributed by atoms with van der Waals surface area (Å²) in [5.41, 5.74) is 0. The molecule has 0 rings (SSSR count). The van der Waals surface area contributed by atoms with Gasteiger partial charge in [0.15, 0.2) is 0 Å². The van der Waals surface area contributed by atoms with Gasteiger partial charge in [0.05, 0.1) is 6.26 Å². The molecule has 0 aliphatic rings. The number of hydrogen-bond donors (Lipinski definition) is 2. The summed E-state index contributed by atoms with van der Waals surface area (Å²) in [5, 5.41) is 0. The summed E-state index contributed by atoms with van der Waals surface area (Å²) in [6.45, 7) is 0. The molecule has 0 aliphatic carbocycles. The molecule has 0 amide bonds. The first kappa shape index (κ1) is 9.82. The maximum atomic E-state index is 10.2. The molecule has 2 N–H and O–H groups in total. The standard InChI is InChI=1S/C2H7NO5S2/c1-9(4,5)3-2-10(6,7)8/h3H,2H2,1H3,(H,6,7,8). The van der Waals surface area contributed by atoms with Gasteiger partial charge in [0.2, 0.25) is 10.0 Å². The predicted octanol–water partition coefficient (Wildman–Crippen LogP) is -1.62. The number of rotatable bonds is 3. The van der Waals surface area contributed by atoms with Crippen LogP contribution in [0.3, 0.4) is 0 Å². The topological polar surface area (TPSA) is 101 Å². The lowest BCUT2D eigenvalue weighted by molar-refractivity contribution is 0.480. The minimum Gasteiger partial charge on any atom is -0.285 e. The van der Waals surface area contributed by atoms with E-state index in [0.29, 0.717) is 0 Å². The van der Waals surface area contributed by atoms with Crippen molar-refractivity contribution in [3.63, 3.8) is 0 Å². The zero-order valence-electron chi connectivity index (χ0n) is 5.10. The Hall–Kier alpha value is -0.180. The van der Waals surface area contributed by atoms with E-state index in [9.17, 15) is 16.8 Å². The normalized spacial score (nSPS) is 13.4. The molecule has 0 radical (unpaired) electrons. The zero-order chi connectivity index (χ0) is 8.41. The minimum atomic E-state index is -4.25. The second-order valence-corrected chi connectivity index (χ2v) is 4.93. The smallest absolute Gasteiger partial charge is 0.279 e. The van der Waals surface area contributed by atoms with E-state index in [0.717, 1.165) is 6.26 Å². The van der Waals surface area contributed by atoms with Gasteiger partial charge in [-0.05, 0) is 0 Å². The van der Waals surface area contributed by atoms with E-state index in [1.54, 1.807) is 4.72 Å². The fourth-order valence-corrected chi connectivity index (χ4v) is 1.63. The summed E-state index contributed by atoms with van der Waals surface area (Å²) in [6.07, 6.45) is 0.790. The third-order valence-corrected chi connectivity index (χ3v) is 1.86. The van der Waals surface area contributed by atoms with Crippen LogP contribution in [0.15, 0.2) is 0 Å². The molecule has 62 valence electrons. The Bertz CT molecular complexity index is 254. The van der Waals surface area contributed by atoms with Crippen molar-refractivity contribution in [1.82, 2.24) is 4.72 Å². The van der Waals surface area contributed by atoms with Crippen molar-refractivity contribution < 1.29 is 21.4 Å². The van der Waals surface area contributed by atoms with Gasteiger partial charge >= 0.3 is 0 Å². The maximum absolute atomic E-state index is 10.2. The quantitative estimate of drug-likeness (QED) is 0.520. The van der Waals surface area contributed by atoms with Crippen LogP contribution >= 0.6 is 0 Å². The monoisotopic (exact) mass is 189 g/mol. The van der Waals surface area contributed by atoms with E-state index in [1.165, 1.54) is 0 Å². The summed E-state index contributed by atoms with van der Waals surface area (Å²) in [4.78, 5) is 0. The van der Waals surface area contributed by atoms with Crippen LogP contribution in [0.2, 0.25) is 0 Å². The van der Waals surface area contributed by atoms with Crippen LogP contribution in [-0.2, 0) is 20.1 Å². The molecule has 0 bridgehead atoms. The molecule has 0 aromatic carbocycles. The molecular weight excluding hydrogens is 182 g/mol. The third kappa shape index (κ3) is 7.82. The number of hydrogen-bond acceptors (Lipinski definition) is 4. The molecule has 6 nitrogen and oxygen atoms in total. The fraction of sp³-hybridized carbons (Fsp3) is 1.00. The Morgan fingerprint density at radius 1 is 1.30 bits per heavy atom. The van der Waals surface area contributed by atoms with Crippen molar-refractivity contribution in [3.05, 3.63) is 0 Å². The molecule has 0 aliphatic heterocycles. The van der Waals surface area contributed by atoms with Gasteiger partial charge in [0, 0.05) is 0 Å². The van der Waals surface area contributed by atoms with E-state index in [1.807, 2.05) is 0 Å². The van der Waals surface area contributed by atoms with Crippen molar-refractivity contribution in [1.29, 1.82) is 0 Å².